The van der Waals surface area contributed by atoms with E-state index in [1.54, 1.807) is 0 Å². The van der Waals surface area contributed by atoms with E-state index in [1.165, 1.54) is 66.4 Å². The molecule has 0 spiro atoms. The fourth-order valence-corrected chi connectivity index (χ4v) is 5.55. The SMILES string of the molecule is C/C(=C/c1ccccc1C=Cc1cc2ccccc2cc1C=Cc1ccccc1/C=C(/C)c1ccccc1)c1ccccc1. The Morgan fingerprint density at radius 1 is 0.341 bits per heavy atom. The zero-order valence-corrected chi connectivity index (χ0v) is 25.3. The molecule has 0 aliphatic carbocycles. The van der Waals surface area contributed by atoms with Crippen molar-refractivity contribution in [2.75, 3.05) is 0 Å². The summed E-state index contributed by atoms with van der Waals surface area (Å²) in [5.41, 5.74) is 12.1. The summed E-state index contributed by atoms with van der Waals surface area (Å²) in [6.07, 6.45) is 13.5. The standard InChI is InChI=1S/C44H36/c1-33(35-15-5-3-6-16-35)29-39-21-11-9-19-37(39)25-27-43-31-41-23-13-14-24-42(41)32-44(43)28-26-38-20-10-12-22-40(38)30-34(2)36-17-7-4-8-18-36/h3-32H,1-2H3/b27-25?,28-26?,33-29-,34-30-. The van der Waals surface area contributed by atoms with Gasteiger partial charge in [-0.1, -0.05) is 170 Å². The molecule has 0 aliphatic rings. The first-order valence-corrected chi connectivity index (χ1v) is 15.2. The molecule has 0 aromatic heterocycles. The number of fused-ring (bicyclic) bond motifs is 1. The van der Waals surface area contributed by atoms with Crippen LogP contribution in [0, 0.1) is 0 Å². The lowest BCUT2D eigenvalue weighted by molar-refractivity contribution is 1.56. The molecule has 6 rings (SSSR count). The predicted octanol–water partition coefficient (Wildman–Crippen LogP) is 12.3. The Bertz CT molecular complexity index is 1850. The van der Waals surface area contributed by atoms with Gasteiger partial charge in [-0.05, 0) is 92.4 Å². The molecule has 0 saturated carbocycles. The van der Waals surface area contributed by atoms with Crippen LogP contribution in [0.5, 0.6) is 0 Å². The van der Waals surface area contributed by atoms with Crippen molar-refractivity contribution in [3.63, 3.8) is 0 Å². The van der Waals surface area contributed by atoms with Crippen LogP contribution in [-0.4, -0.2) is 0 Å². The van der Waals surface area contributed by atoms with Crippen molar-refractivity contribution >= 4 is 58.4 Å². The van der Waals surface area contributed by atoms with Crippen LogP contribution in [0.15, 0.2) is 146 Å². The van der Waals surface area contributed by atoms with Gasteiger partial charge < -0.3 is 0 Å². The van der Waals surface area contributed by atoms with Crippen LogP contribution in [0.4, 0.5) is 0 Å². The highest BCUT2D eigenvalue weighted by Crippen LogP contribution is 2.27. The fraction of sp³-hybridized carbons (Fsp3) is 0.0455. The van der Waals surface area contributed by atoms with Crippen molar-refractivity contribution in [3.8, 4) is 0 Å². The molecule has 0 radical (unpaired) electrons. The van der Waals surface area contributed by atoms with Crippen LogP contribution < -0.4 is 0 Å². The van der Waals surface area contributed by atoms with Crippen LogP contribution in [0.3, 0.4) is 0 Å². The third kappa shape index (κ3) is 6.94. The van der Waals surface area contributed by atoms with Gasteiger partial charge in [0.05, 0.1) is 0 Å². The van der Waals surface area contributed by atoms with Crippen LogP contribution in [0.2, 0.25) is 0 Å². The maximum absolute atomic E-state index is 2.30. The van der Waals surface area contributed by atoms with Gasteiger partial charge in [0.15, 0.2) is 0 Å². The molecule has 0 nitrogen and oxygen atoms in total. The number of benzene rings is 6. The first-order valence-electron chi connectivity index (χ1n) is 15.2. The topological polar surface area (TPSA) is 0 Å². The zero-order chi connectivity index (χ0) is 30.1. The van der Waals surface area contributed by atoms with E-state index in [-0.39, 0.29) is 0 Å². The second-order valence-electron chi connectivity index (χ2n) is 11.1. The molecule has 0 unspecified atom stereocenters. The average molecular weight is 565 g/mol. The van der Waals surface area contributed by atoms with E-state index >= 15 is 0 Å². The molecule has 6 aromatic carbocycles. The fourth-order valence-electron chi connectivity index (χ4n) is 5.55. The lowest BCUT2D eigenvalue weighted by Crippen LogP contribution is -1.86. The molecule has 0 amide bonds. The van der Waals surface area contributed by atoms with Gasteiger partial charge in [-0.2, -0.15) is 0 Å². The van der Waals surface area contributed by atoms with E-state index in [0.29, 0.717) is 0 Å². The second-order valence-corrected chi connectivity index (χ2v) is 11.1. The maximum Gasteiger partial charge on any atom is -0.0177 e. The molecule has 0 saturated heterocycles. The lowest BCUT2D eigenvalue weighted by Gasteiger charge is -2.08. The molecule has 0 atom stereocenters. The Balaban J connectivity index is 1.36. The van der Waals surface area contributed by atoms with Gasteiger partial charge >= 0.3 is 0 Å². The molecule has 0 N–H and O–H groups in total. The summed E-state index contributed by atoms with van der Waals surface area (Å²) in [5, 5.41) is 2.47. The lowest BCUT2D eigenvalue weighted by atomic mass is 9.96. The van der Waals surface area contributed by atoms with Crippen molar-refractivity contribution in [3.05, 3.63) is 190 Å². The second kappa shape index (κ2) is 13.7. The molecular weight excluding hydrogens is 528 g/mol. The number of rotatable bonds is 8. The third-order valence-corrected chi connectivity index (χ3v) is 8.03. The molecule has 6 aromatic rings. The third-order valence-electron chi connectivity index (χ3n) is 8.03. The molecule has 44 heavy (non-hydrogen) atoms. The molecule has 0 heteroatoms. The molecule has 0 aliphatic heterocycles. The van der Waals surface area contributed by atoms with Crippen molar-refractivity contribution in [2.24, 2.45) is 0 Å². The van der Waals surface area contributed by atoms with Crippen molar-refractivity contribution < 1.29 is 0 Å². The van der Waals surface area contributed by atoms with Crippen LogP contribution in [-0.2, 0) is 0 Å². The van der Waals surface area contributed by atoms with Crippen LogP contribution >= 0.6 is 0 Å². The quantitative estimate of drug-likeness (QED) is 0.161. The van der Waals surface area contributed by atoms with E-state index in [1.807, 2.05) is 0 Å². The number of hydrogen-bond acceptors (Lipinski definition) is 0. The molecule has 212 valence electrons. The molecule has 0 bridgehead atoms. The summed E-state index contributed by atoms with van der Waals surface area (Å²) < 4.78 is 0. The summed E-state index contributed by atoms with van der Waals surface area (Å²) in [4.78, 5) is 0. The largest absolute Gasteiger partial charge is 0.0622 e. The van der Waals surface area contributed by atoms with Gasteiger partial charge in [0.2, 0.25) is 0 Å². The van der Waals surface area contributed by atoms with Crippen LogP contribution in [0.25, 0.3) is 58.4 Å². The van der Waals surface area contributed by atoms with Crippen LogP contribution in [0.1, 0.15) is 58.4 Å². The van der Waals surface area contributed by atoms with Crippen molar-refractivity contribution in [2.45, 2.75) is 13.8 Å². The highest BCUT2D eigenvalue weighted by Gasteiger charge is 2.04. The minimum atomic E-state index is 1.19. The van der Waals surface area contributed by atoms with Gasteiger partial charge in [0.1, 0.15) is 0 Å². The summed E-state index contributed by atoms with van der Waals surface area (Å²) >= 11 is 0. The van der Waals surface area contributed by atoms with E-state index in [4.69, 9.17) is 0 Å². The molecule has 0 fully saturated rings. The highest BCUT2D eigenvalue weighted by atomic mass is 14.1. The van der Waals surface area contributed by atoms with Gasteiger partial charge in [0.25, 0.3) is 0 Å². The normalized spacial score (nSPS) is 12.4. The number of allylic oxidation sites excluding steroid dienone is 2. The summed E-state index contributed by atoms with van der Waals surface area (Å²) in [5.74, 6) is 0. The van der Waals surface area contributed by atoms with E-state index < -0.39 is 0 Å². The highest BCUT2D eigenvalue weighted by molar-refractivity contribution is 5.93. The van der Waals surface area contributed by atoms with Crippen molar-refractivity contribution in [1.82, 2.24) is 0 Å². The Hall–Kier alpha value is -5.46. The Kier molecular flexibility index (Phi) is 8.90. The molecular formula is C44H36. The van der Waals surface area contributed by atoms with E-state index in [2.05, 4.69) is 196 Å². The van der Waals surface area contributed by atoms with Gasteiger partial charge in [-0.25, -0.2) is 0 Å². The average Bonchev–Trinajstić information content (AvgIpc) is 3.08. The minimum absolute atomic E-state index is 1.19. The smallest absolute Gasteiger partial charge is 0.0177 e. The Labute approximate surface area is 261 Å². The minimum Gasteiger partial charge on any atom is -0.0622 e. The van der Waals surface area contributed by atoms with E-state index in [0.717, 1.165) is 0 Å². The predicted molar refractivity (Wildman–Crippen MR) is 195 cm³/mol. The Morgan fingerprint density at radius 3 is 1.07 bits per heavy atom. The van der Waals surface area contributed by atoms with Gasteiger partial charge in [-0.3, -0.25) is 0 Å². The maximum atomic E-state index is 2.30. The van der Waals surface area contributed by atoms with Gasteiger partial charge in [0, 0.05) is 0 Å². The first-order chi connectivity index (χ1) is 21.6. The monoisotopic (exact) mass is 564 g/mol. The molecule has 0 heterocycles. The first kappa shape index (κ1) is 28.6. The number of hydrogen-bond donors (Lipinski definition) is 0. The summed E-state index contributed by atoms with van der Waals surface area (Å²) in [6.45, 7) is 4.35. The Morgan fingerprint density at radius 2 is 0.659 bits per heavy atom. The van der Waals surface area contributed by atoms with Gasteiger partial charge in [-0.15, -0.1) is 0 Å². The van der Waals surface area contributed by atoms with E-state index in [9.17, 15) is 0 Å². The zero-order valence-electron chi connectivity index (χ0n) is 25.3. The summed E-state index contributed by atoms with van der Waals surface area (Å²) in [6, 6.07) is 51.5. The van der Waals surface area contributed by atoms with Crippen molar-refractivity contribution in [1.29, 1.82) is 0 Å². The summed E-state index contributed by atoms with van der Waals surface area (Å²) in [7, 11) is 0.